The second kappa shape index (κ2) is 4.39. The Morgan fingerprint density at radius 2 is 2.19 bits per heavy atom. The van der Waals surface area contributed by atoms with Crippen LogP contribution in [0.25, 0.3) is 0 Å². The maximum absolute atomic E-state index is 12.0. The van der Waals surface area contributed by atoms with Gasteiger partial charge in [-0.3, -0.25) is 0 Å². The summed E-state index contributed by atoms with van der Waals surface area (Å²) in [6.07, 6.45) is 3.72. The number of rotatable bonds is 1. The van der Waals surface area contributed by atoms with Gasteiger partial charge >= 0.3 is 0 Å². The van der Waals surface area contributed by atoms with Crippen LogP contribution in [0.2, 0.25) is 0 Å². The van der Waals surface area contributed by atoms with Crippen molar-refractivity contribution in [3.8, 4) is 0 Å². The highest BCUT2D eigenvalue weighted by atomic mass is 32.2. The van der Waals surface area contributed by atoms with Crippen molar-refractivity contribution in [1.29, 1.82) is 0 Å². The van der Waals surface area contributed by atoms with Gasteiger partial charge in [0.2, 0.25) is 9.84 Å². The standard InChI is InChI=1S/C11H14O3S2/c1-15-9-5-6-10-8(7-9)3-2-4-11(12)16(10,13)14/h5-7,11-12H,2-4H2,1H3. The second-order valence-electron chi connectivity index (χ2n) is 3.87. The fourth-order valence-corrected chi connectivity index (χ4v) is 3.94. The summed E-state index contributed by atoms with van der Waals surface area (Å²) >= 11 is 1.59. The van der Waals surface area contributed by atoms with Crippen molar-refractivity contribution < 1.29 is 13.5 Å². The third-order valence-electron chi connectivity index (χ3n) is 2.83. The third-order valence-corrected chi connectivity index (χ3v) is 5.52. The molecule has 16 heavy (non-hydrogen) atoms. The first-order chi connectivity index (χ1) is 7.55. The molecule has 0 bridgehead atoms. The number of aliphatic hydroxyl groups excluding tert-OH is 1. The van der Waals surface area contributed by atoms with Gasteiger partial charge in [0.15, 0.2) is 5.44 Å². The van der Waals surface area contributed by atoms with E-state index >= 15 is 0 Å². The van der Waals surface area contributed by atoms with E-state index in [1.807, 2.05) is 12.3 Å². The lowest BCUT2D eigenvalue weighted by Gasteiger charge is -2.10. The van der Waals surface area contributed by atoms with E-state index in [4.69, 9.17) is 0 Å². The maximum Gasteiger partial charge on any atom is 0.205 e. The molecule has 88 valence electrons. The van der Waals surface area contributed by atoms with E-state index in [1.54, 1.807) is 23.9 Å². The van der Waals surface area contributed by atoms with Crippen LogP contribution >= 0.6 is 11.8 Å². The van der Waals surface area contributed by atoms with E-state index in [2.05, 4.69) is 0 Å². The Bertz CT molecular complexity index is 494. The Balaban J connectivity index is 2.58. The lowest BCUT2D eigenvalue weighted by atomic mass is 10.1. The van der Waals surface area contributed by atoms with Gasteiger partial charge < -0.3 is 5.11 Å². The molecule has 2 rings (SSSR count). The third kappa shape index (κ3) is 1.99. The minimum absolute atomic E-state index is 0.301. The predicted octanol–water partition coefficient (Wildman–Crippen LogP) is 1.84. The van der Waals surface area contributed by atoms with Crippen molar-refractivity contribution >= 4 is 21.6 Å². The van der Waals surface area contributed by atoms with Crippen molar-refractivity contribution in [2.45, 2.75) is 34.5 Å². The van der Waals surface area contributed by atoms with Gasteiger partial charge in [0.05, 0.1) is 4.90 Å². The molecule has 0 saturated carbocycles. The largest absolute Gasteiger partial charge is 0.377 e. The van der Waals surface area contributed by atoms with Crippen LogP contribution in [0.15, 0.2) is 28.0 Å². The SMILES string of the molecule is CSc1ccc2c(c1)CCCC(O)S2(=O)=O. The first-order valence-corrected chi connectivity index (χ1v) is 7.91. The molecular formula is C11H14O3S2. The monoisotopic (exact) mass is 258 g/mol. The van der Waals surface area contributed by atoms with Gasteiger partial charge in [-0.05, 0) is 49.3 Å². The molecule has 5 heteroatoms. The van der Waals surface area contributed by atoms with Crippen LogP contribution in [0.5, 0.6) is 0 Å². The molecule has 1 N–H and O–H groups in total. The molecule has 0 aliphatic carbocycles. The maximum atomic E-state index is 12.0. The minimum Gasteiger partial charge on any atom is -0.377 e. The topological polar surface area (TPSA) is 54.4 Å². The quantitative estimate of drug-likeness (QED) is 0.781. The summed E-state index contributed by atoms with van der Waals surface area (Å²) in [5.41, 5.74) is -0.405. The minimum atomic E-state index is -3.54. The van der Waals surface area contributed by atoms with E-state index in [0.717, 1.165) is 16.9 Å². The van der Waals surface area contributed by atoms with Crippen molar-refractivity contribution in [2.24, 2.45) is 0 Å². The summed E-state index contributed by atoms with van der Waals surface area (Å²) in [7, 11) is -3.54. The highest BCUT2D eigenvalue weighted by Crippen LogP contribution is 2.30. The Morgan fingerprint density at radius 1 is 1.44 bits per heavy atom. The summed E-state index contributed by atoms with van der Waals surface area (Å²) in [4.78, 5) is 1.36. The highest BCUT2D eigenvalue weighted by Gasteiger charge is 2.30. The summed E-state index contributed by atoms with van der Waals surface area (Å²) in [5.74, 6) is 0. The lowest BCUT2D eigenvalue weighted by Crippen LogP contribution is -2.19. The van der Waals surface area contributed by atoms with E-state index in [1.165, 1.54) is 0 Å². The second-order valence-corrected chi connectivity index (χ2v) is 6.82. The van der Waals surface area contributed by atoms with Crippen LogP contribution in [-0.4, -0.2) is 25.2 Å². The molecule has 1 aliphatic heterocycles. The predicted molar refractivity (Wildman–Crippen MR) is 64.4 cm³/mol. The fraction of sp³-hybridized carbons (Fsp3) is 0.455. The van der Waals surface area contributed by atoms with Gasteiger partial charge in [0.25, 0.3) is 0 Å². The average Bonchev–Trinajstić information content (AvgIpc) is 2.37. The molecule has 0 radical (unpaired) electrons. The van der Waals surface area contributed by atoms with Gasteiger partial charge in [0, 0.05) is 4.90 Å². The molecule has 1 unspecified atom stereocenters. The molecule has 3 nitrogen and oxygen atoms in total. The van der Waals surface area contributed by atoms with E-state index < -0.39 is 15.3 Å². The molecule has 0 spiro atoms. The van der Waals surface area contributed by atoms with E-state index in [-0.39, 0.29) is 0 Å². The smallest absolute Gasteiger partial charge is 0.205 e. The molecule has 0 saturated heterocycles. The van der Waals surface area contributed by atoms with Gasteiger partial charge in [-0.15, -0.1) is 11.8 Å². The number of benzene rings is 1. The first-order valence-electron chi connectivity index (χ1n) is 5.14. The van der Waals surface area contributed by atoms with Crippen LogP contribution in [0.3, 0.4) is 0 Å². The molecule has 0 aromatic heterocycles. The van der Waals surface area contributed by atoms with Gasteiger partial charge in [-0.1, -0.05) is 0 Å². The zero-order valence-corrected chi connectivity index (χ0v) is 10.6. The summed E-state index contributed by atoms with van der Waals surface area (Å²) in [5, 5.41) is 9.60. The van der Waals surface area contributed by atoms with Crippen LogP contribution in [-0.2, 0) is 16.3 Å². The molecule has 1 atom stereocenters. The molecule has 0 amide bonds. The molecule has 1 aromatic carbocycles. The summed E-state index contributed by atoms with van der Waals surface area (Å²) in [6, 6.07) is 5.32. The number of sulfone groups is 1. The average molecular weight is 258 g/mol. The van der Waals surface area contributed by atoms with Gasteiger partial charge in [-0.2, -0.15) is 0 Å². The summed E-state index contributed by atoms with van der Waals surface area (Å²) in [6.45, 7) is 0. The first kappa shape index (κ1) is 12.0. The molecule has 1 aromatic rings. The zero-order chi connectivity index (χ0) is 11.8. The van der Waals surface area contributed by atoms with Gasteiger partial charge in [0.1, 0.15) is 0 Å². The molecule has 1 heterocycles. The van der Waals surface area contributed by atoms with Crippen molar-refractivity contribution in [3.05, 3.63) is 23.8 Å². The van der Waals surface area contributed by atoms with Crippen molar-refractivity contribution in [3.63, 3.8) is 0 Å². The zero-order valence-electron chi connectivity index (χ0n) is 9.01. The van der Waals surface area contributed by atoms with Crippen LogP contribution in [0.4, 0.5) is 0 Å². The molecule has 1 aliphatic rings. The Hall–Kier alpha value is -0.520. The van der Waals surface area contributed by atoms with Crippen molar-refractivity contribution in [1.82, 2.24) is 0 Å². The van der Waals surface area contributed by atoms with Crippen LogP contribution in [0.1, 0.15) is 18.4 Å². The Kier molecular flexibility index (Phi) is 3.28. The molecule has 0 fully saturated rings. The van der Waals surface area contributed by atoms with Crippen molar-refractivity contribution in [2.75, 3.05) is 6.26 Å². The number of aliphatic hydroxyl groups is 1. The molecular weight excluding hydrogens is 244 g/mol. The Labute approximate surface area is 99.8 Å². The number of hydrogen-bond donors (Lipinski definition) is 1. The van der Waals surface area contributed by atoms with E-state index in [0.29, 0.717) is 17.7 Å². The van der Waals surface area contributed by atoms with E-state index in [9.17, 15) is 13.5 Å². The Morgan fingerprint density at radius 3 is 2.88 bits per heavy atom. The number of hydrogen-bond acceptors (Lipinski definition) is 4. The van der Waals surface area contributed by atoms with Crippen LogP contribution in [0, 0.1) is 0 Å². The number of thioether (sulfide) groups is 1. The number of aryl methyl sites for hydroxylation is 1. The summed E-state index contributed by atoms with van der Waals surface area (Å²) < 4.78 is 23.9. The highest BCUT2D eigenvalue weighted by molar-refractivity contribution is 7.98. The normalized spacial score (nSPS) is 23.5. The lowest BCUT2D eigenvalue weighted by molar-refractivity contribution is 0.237. The van der Waals surface area contributed by atoms with Gasteiger partial charge in [-0.25, -0.2) is 8.42 Å². The van der Waals surface area contributed by atoms with Crippen LogP contribution < -0.4 is 0 Å². The fourth-order valence-electron chi connectivity index (χ4n) is 1.92. The number of fused-ring (bicyclic) bond motifs is 1.